The standard InChI is InChI=1S/C18H26N4O3/c1-24-18(25-2)13-9-21(10-13)14-3-4-15-12(7-14)11-22(17(15)23)16-8-19-5-6-20-16/h3-4,7,13,16,18-20H,5-6,8-11H2,1-2H3. The maximum atomic E-state index is 12.7. The Morgan fingerprint density at radius 1 is 1.20 bits per heavy atom. The van der Waals surface area contributed by atoms with E-state index >= 15 is 0 Å². The van der Waals surface area contributed by atoms with Gasteiger partial charge in [0.2, 0.25) is 0 Å². The summed E-state index contributed by atoms with van der Waals surface area (Å²) in [6, 6.07) is 6.19. The molecular formula is C18H26N4O3. The highest BCUT2D eigenvalue weighted by Crippen LogP contribution is 2.32. The van der Waals surface area contributed by atoms with Crippen LogP contribution in [-0.4, -0.2) is 70.2 Å². The van der Waals surface area contributed by atoms with Crippen molar-refractivity contribution in [2.45, 2.75) is 19.0 Å². The van der Waals surface area contributed by atoms with Gasteiger partial charge in [-0.05, 0) is 23.8 Å². The molecule has 2 fully saturated rings. The number of benzene rings is 1. The summed E-state index contributed by atoms with van der Waals surface area (Å²) >= 11 is 0. The van der Waals surface area contributed by atoms with Gasteiger partial charge in [0.05, 0.1) is 6.17 Å². The second-order valence-corrected chi connectivity index (χ2v) is 6.95. The van der Waals surface area contributed by atoms with Crippen LogP contribution in [-0.2, 0) is 16.0 Å². The number of piperazine rings is 1. The molecule has 1 amide bonds. The first kappa shape index (κ1) is 16.8. The average molecular weight is 346 g/mol. The van der Waals surface area contributed by atoms with Gasteiger partial charge in [-0.25, -0.2) is 0 Å². The van der Waals surface area contributed by atoms with Crippen molar-refractivity contribution in [2.75, 3.05) is 51.8 Å². The van der Waals surface area contributed by atoms with Gasteiger partial charge in [-0.15, -0.1) is 0 Å². The number of methoxy groups -OCH3 is 2. The zero-order valence-electron chi connectivity index (χ0n) is 14.8. The molecule has 3 aliphatic heterocycles. The molecule has 0 bridgehead atoms. The molecule has 0 saturated carbocycles. The van der Waals surface area contributed by atoms with Crippen molar-refractivity contribution in [1.82, 2.24) is 15.5 Å². The maximum absolute atomic E-state index is 12.7. The minimum atomic E-state index is -0.146. The number of anilines is 1. The number of fused-ring (bicyclic) bond motifs is 1. The van der Waals surface area contributed by atoms with Crippen molar-refractivity contribution in [1.29, 1.82) is 0 Å². The Labute approximate surface area is 148 Å². The predicted molar refractivity (Wildman–Crippen MR) is 94.5 cm³/mol. The molecule has 1 aromatic carbocycles. The molecule has 3 heterocycles. The van der Waals surface area contributed by atoms with E-state index in [1.54, 1.807) is 14.2 Å². The molecule has 4 rings (SSSR count). The summed E-state index contributed by atoms with van der Waals surface area (Å²) in [4.78, 5) is 16.9. The van der Waals surface area contributed by atoms with E-state index in [0.29, 0.717) is 12.5 Å². The average Bonchev–Trinajstić information content (AvgIpc) is 2.94. The van der Waals surface area contributed by atoms with Crippen LogP contribution in [0.15, 0.2) is 18.2 Å². The summed E-state index contributed by atoms with van der Waals surface area (Å²) in [5, 5.41) is 6.77. The molecular weight excluding hydrogens is 320 g/mol. The lowest BCUT2D eigenvalue weighted by molar-refractivity contribution is -0.142. The van der Waals surface area contributed by atoms with E-state index in [-0.39, 0.29) is 18.4 Å². The molecule has 0 aromatic heterocycles. The Kier molecular flexibility index (Phi) is 4.64. The largest absolute Gasteiger partial charge is 0.370 e. The molecule has 3 aliphatic rings. The van der Waals surface area contributed by atoms with Gasteiger partial charge < -0.3 is 24.6 Å². The predicted octanol–water partition coefficient (Wildman–Crippen LogP) is 0.216. The van der Waals surface area contributed by atoms with Crippen molar-refractivity contribution in [2.24, 2.45) is 5.92 Å². The van der Waals surface area contributed by atoms with E-state index < -0.39 is 0 Å². The monoisotopic (exact) mass is 346 g/mol. The van der Waals surface area contributed by atoms with E-state index in [4.69, 9.17) is 9.47 Å². The second-order valence-electron chi connectivity index (χ2n) is 6.95. The minimum Gasteiger partial charge on any atom is -0.370 e. The molecule has 7 heteroatoms. The number of amides is 1. The van der Waals surface area contributed by atoms with Crippen LogP contribution in [0.3, 0.4) is 0 Å². The number of nitrogens with zero attached hydrogens (tertiary/aromatic N) is 2. The van der Waals surface area contributed by atoms with Gasteiger partial charge in [0, 0.05) is 70.7 Å². The van der Waals surface area contributed by atoms with Crippen molar-refractivity contribution in [3.63, 3.8) is 0 Å². The van der Waals surface area contributed by atoms with E-state index in [9.17, 15) is 4.79 Å². The highest BCUT2D eigenvalue weighted by Gasteiger charge is 2.36. The van der Waals surface area contributed by atoms with Gasteiger partial charge in [0.1, 0.15) is 0 Å². The quantitative estimate of drug-likeness (QED) is 0.744. The van der Waals surface area contributed by atoms with Crippen LogP contribution in [0.2, 0.25) is 0 Å². The highest BCUT2D eigenvalue weighted by atomic mass is 16.7. The second kappa shape index (κ2) is 6.92. The van der Waals surface area contributed by atoms with Gasteiger partial charge in [-0.2, -0.15) is 0 Å². The molecule has 2 saturated heterocycles. The lowest BCUT2D eigenvalue weighted by Gasteiger charge is -2.43. The number of carbonyl (C=O) groups excluding carboxylic acids is 1. The van der Waals surface area contributed by atoms with E-state index in [1.807, 2.05) is 11.0 Å². The summed E-state index contributed by atoms with van der Waals surface area (Å²) in [5.41, 5.74) is 3.12. The first-order chi connectivity index (χ1) is 12.2. The zero-order chi connectivity index (χ0) is 17.4. The molecule has 7 nitrogen and oxygen atoms in total. The fourth-order valence-electron chi connectivity index (χ4n) is 4.01. The van der Waals surface area contributed by atoms with Gasteiger partial charge in [0.15, 0.2) is 6.29 Å². The number of nitrogens with one attached hydrogen (secondary N) is 2. The lowest BCUT2D eigenvalue weighted by atomic mass is 9.97. The highest BCUT2D eigenvalue weighted by molar-refractivity contribution is 5.99. The number of hydrogen-bond acceptors (Lipinski definition) is 6. The third-order valence-corrected chi connectivity index (χ3v) is 5.44. The lowest BCUT2D eigenvalue weighted by Crippen LogP contribution is -2.57. The van der Waals surface area contributed by atoms with Crippen molar-refractivity contribution < 1.29 is 14.3 Å². The Morgan fingerprint density at radius 3 is 2.68 bits per heavy atom. The molecule has 0 radical (unpaired) electrons. The first-order valence-corrected chi connectivity index (χ1v) is 8.90. The zero-order valence-corrected chi connectivity index (χ0v) is 14.8. The molecule has 1 atom stereocenters. The van der Waals surface area contributed by atoms with E-state index in [2.05, 4.69) is 27.7 Å². The van der Waals surface area contributed by atoms with Crippen LogP contribution in [0.4, 0.5) is 5.69 Å². The van der Waals surface area contributed by atoms with Crippen LogP contribution in [0.5, 0.6) is 0 Å². The maximum Gasteiger partial charge on any atom is 0.255 e. The van der Waals surface area contributed by atoms with Crippen LogP contribution in [0.1, 0.15) is 15.9 Å². The Bertz CT molecular complexity index is 637. The molecule has 136 valence electrons. The fraction of sp³-hybridized carbons (Fsp3) is 0.611. The number of carbonyl (C=O) groups is 1. The molecule has 1 aromatic rings. The molecule has 1 unspecified atom stereocenters. The van der Waals surface area contributed by atoms with Crippen LogP contribution < -0.4 is 15.5 Å². The molecule has 0 aliphatic carbocycles. The van der Waals surface area contributed by atoms with Crippen molar-refractivity contribution >= 4 is 11.6 Å². The fourth-order valence-corrected chi connectivity index (χ4v) is 4.01. The van der Waals surface area contributed by atoms with Crippen LogP contribution in [0, 0.1) is 5.92 Å². The van der Waals surface area contributed by atoms with Crippen molar-refractivity contribution in [3.8, 4) is 0 Å². The summed E-state index contributed by atoms with van der Waals surface area (Å²) in [6.45, 7) is 5.15. The van der Waals surface area contributed by atoms with E-state index in [0.717, 1.165) is 43.9 Å². The smallest absolute Gasteiger partial charge is 0.255 e. The third-order valence-electron chi connectivity index (χ3n) is 5.44. The summed E-state index contributed by atoms with van der Waals surface area (Å²) in [6.07, 6.45) is -0.0673. The summed E-state index contributed by atoms with van der Waals surface area (Å²) in [7, 11) is 3.36. The molecule has 2 N–H and O–H groups in total. The van der Waals surface area contributed by atoms with Gasteiger partial charge in [-0.1, -0.05) is 0 Å². The topological polar surface area (TPSA) is 66.1 Å². The molecule has 0 spiro atoms. The van der Waals surface area contributed by atoms with Crippen LogP contribution in [0.25, 0.3) is 0 Å². The first-order valence-electron chi connectivity index (χ1n) is 8.90. The van der Waals surface area contributed by atoms with Crippen LogP contribution >= 0.6 is 0 Å². The normalized spacial score (nSPS) is 24.0. The summed E-state index contributed by atoms with van der Waals surface area (Å²) < 4.78 is 10.7. The minimum absolute atomic E-state index is 0.0784. The van der Waals surface area contributed by atoms with Gasteiger partial charge in [0.25, 0.3) is 5.91 Å². The van der Waals surface area contributed by atoms with Crippen molar-refractivity contribution in [3.05, 3.63) is 29.3 Å². The Hall–Kier alpha value is -1.67. The molecule has 25 heavy (non-hydrogen) atoms. The number of rotatable bonds is 5. The van der Waals surface area contributed by atoms with Gasteiger partial charge in [-0.3, -0.25) is 10.1 Å². The number of hydrogen-bond donors (Lipinski definition) is 2. The van der Waals surface area contributed by atoms with E-state index in [1.165, 1.54) is 5.69 Å². The summed E-state index contributed by atoms with van der Waals surface area (Å²) in [5.74, 6) is 0.516. The Morgan fingerprint density at radius 2 is 2.00 bits per heavy atom. The Balaban J connectivity index is 1.43. The van der Waals surface area contributed by atoms with Gasteiger partial charge >= 0.3 is 0 Å². The third kappa shape index (κ3) is 3.01. The SMILES string of the molecule is COC(OC)C1CN(c2ccc3c(c2)CN(C2CNCCN2)C3=O)C1. The number of ether oxygens (including phenoxy) is 2.